The second-order valence-electron chi connectivity index (χ2n) is 6.43. The molecule has 2 aliphatic carbocycles. The summed E-state index contributed by atoms with van der Waals surface area (Å²) in [5.74, 6) is 1.59. The van der Waals surface area contributed by atoms with Crippen LogP contribution >= 0.6 is 0 Å². The summed E-state index contributed by atoms with van der Waals surface area (Å²) in [5.41, 5.74) is 11.6. The molecule has 2 saturated carbocycles. The minimum absolute atomic E-state index is 0.329. The topological polar surface area (TPSA) is 48.5 Å². The van der Waals surface area contributed by atoms with Gasteiger partial charge in [-0.15, -0.1) is 0 Å². The van der Waals surface area contributed by atoms with Crippen molar-refractivity contribution in [1.82, 2.24) is 16.3 Å². The van der Waals surface area contributed by atoms with Crippen LogP contribution in [0.3, 0.4) is 0 Å². The van der Waals surface area contributed by atoms with Crippen molar-refractivity contribution in [3.05, 3.63) is 0 Å². The maximum absolute atomic E-state index is 4.72. The molecule has 0 radical (unpaired) electrons. The maximum Gasteiger partial charge on any atom is 0.109 e. The fraction of sp³-hybridized carbons (Fsp3) is 0.933. The normalized spacial score (nSPS) is 36.2. The predicted octanol–water partition coefficient (Wildman–Crippen LogP) is 2.53. The second kappa shape index (κ2) is 6.71. The Morgan fingerprint density at radius 3 is 2.58 bits per heavy atom. The molecule has 0 spiro atoms. The first-order valence-corrected chi connectivity index (χ1v) is 8.23. The summed E-state index contributed by atoms with van der Waals surface area (Å²) in [6, 6.07) is 0. The molecule has 0 aromatic heterocycles. The standard InChI is InChI=1S/C15H28N4/c1-2-4-9-13(8-3-1)17-19-15-14-10-6-5-7-12(14)11-16-18-15/h12,14-16,18-19H,1-11H2. The average molecular weight is 264 g/mol. The van der Waals surface area contributed by atoms with Gasteiger partial charge in [0.15, 0.2) is 0 Å². The van der Waals surface area contributed by atoms with Crippen molar-refractivity contribution in [3.63, 3.8) is 0 Å². The van der Waals surface area contributed by atoms with Crippen molar-refractivity contribution in [1.29, 1.82) is 0 Å². The summed E-state index contributed by atoms with van der Waals surface area (Å²) in [4.78, 5) is 0. The minimum atomic E-state index is 0.329. The van der Waals surface area contributed by atoms with E-state index in [0.29, 0.717) is 6.17 Å². The Morgan fingerprint density at radius 2 is 1.74 bits per heavy atom. The molecule has 19 heavy (non-hydrogen) atoms. The van der Waals surface area contributed by atoms with Crippen molar-refractivity contribution in [2.45, 2.75) is 70.4 Å². The Balaban J connectivity index is 1.56. The van der Waals surface area contributed by atoms with Gasteiger partial charge in [-0.2, -0.15) is 5.10 Å². The Kier molecular flexibility index (Phi) is 4.72. The van der Waals surface area contributed by atoms with E-state index < -0.39 is 0 Å². The van der Waals surface area contributed by atoms with Gasteiger partial charge in [0.25, 0.3) is 0 Å². The van der Waals surface area contributed by atoms with E-state index in [0.717, 1.165) is 18.4 Å². The average Bonchev–Trinajstić information content (AvgIpc) is 2.74. The van der Waals surface area contributed by atoms with E-state index in [1.165, 1.54) is 69.9 Å². The molecule has 3 unspecified atom stereocenters. The van der Waals surface area contributed by atoms with E-state index >= 15 is 0 Å². The summed E-state index contributed by atoms with van der Waals surface area (Å²) in [6.07, 6.45) is 13.7. The number of nitrogens with zero attached hydrogens (tertiary/aromatic N) is 1. The molecule has 0 aromatic rings. The van der Waals surface area contributed by atoms with Crippen LogP contribution in [-0.2, 0) is 0 Å². The Labute approximate surface area is 116 Å². The molecule has 4 heteroatoms. The van der Waals surface area contributed by atoms with E-state index in [1.54, 1.807) is 0 Å². The molecule has 0 aromatic carbocycles. The number of hydrogen-bond acceptors (Lipinski definition) is 4. The quantitative estimate of drug-likeness (QED) is 0.530. The molecular weight excluding hydrogens is 236 g/mol. The lowest BCUT2D eigenvalue weighted by Crippen LogP contribution is -2.61. The van der Waals surface area contributed by atoms with Crippen LogP contribution in [0, 0.1) is 11.8 Å². The second-order valence-corrected chi connectivity index (χ2v) is 6.43. The summed E-state index contributed by atoms with van der Waals surface area (Å²) < 4.78 is 0. The highest BCUT2D eigenvalue weighted by molar-refractivity contribution is 5.84. The van der Waals surface area contributed by atoms with Gasteiger partial charge in [0.05, 0.1) is 0 Å². The number of nitrogens with one attached hydrogen (secondary N) is 3. The SMILES string of the molecule is C1CCCC(=NNC2NNCC3CCCCC32)CC1. The van der Waals surface area contributed by atoms with Gasteiger partial charge in [-0.3, -0.25) is 10.9 Å². The van der Waals surface area contributed by atoms with E-state index in [4.69, 9.17) is 5.10 Å². The zero-order valence-corrected chi connectivity index (χ0v) is 12.0. The van der Waals surface area contributed by atoms with Gasteiger partial charge in [0, 0.05) is 12.3 Å². The van der Waals surface area contributed by atoms with E-state index in [-0.39, 0.29) is 0 Å². The first-order chi connectivity index (χ1) is 9.43. The highest BCUT2D eigenvalue weighted by Gasteiger charge is 2.34. The van der Waals surface area contributed by atoms with Gasteiger partial charge in [-0.05, 0) is 50.4 Å². The Bertz CT molecular complexity index is 303. The third-order valence-electron chi connectivity index (χ3n) is 5.06. The first kappa shape index (κ1) is 13.4. The third-order valence-corrected chi connectivity index (χ3v) is 5.06. The molecule has 1 saturated heterocycles. The highest BCUT2D eigenvalue weighted by atomic mass is 15.5. The highest BCUT2D eigenvalue weighted by Crippen LogP contribution is 2.32. The number of fused-ring (bicyclic) bond motifs is 1. The number of hydrogen-bond donors (Lipinski definition) is 3. The van der Waals surface area contributed by atoms with E-state index in [1.807, 2.05) is 0 Å². The molecule has 0 bridgehead atoms. The van der Waals surface area contributed by atoms with Gasteiger partial charge in [0.2, 0.25) is 0 Å². The molecule has 3 aliphatic rings. The van der Waals surface area contributed by atoms with E-state index in [9.17, 15) is 0 Å². The molecule has 1 heterocycles. The summed E-state index contributed by atoms with van der Waals surface area (Å²) in [5, 5.41) is 4.72. The summed E-state index contributed by atoms with van der Waals surface area (Å²) >= 11 is 0. The molecule has 3 rings (SSSR count). The number of rotatable bonds is 2. The number of hydrazine groups is 1. The maximum atomic E-state index is 4.72. The Hall–Kier alpha value is -0.610. The monoisotopic (exact) mass is 264 g/mol. The fourth-order valence-corrected chi connectivity index (χ4v) is 3.87. The molecular formula is C15H28N4. The zero-order chi connectivity index (χ0) is 12.9. The lowest BCUT2D eigenvalue weighted by molar-refractivity contribution is 0.0995. The van der Waals surface area contributed by atoms with Crippen LogP contribution in [0.5, 0.6) is 0 Å². The van der Waals surface area contributed by atoms with Crippen LogP contribution in [0.15, 0.2) is 5.10 Å². The van der Waals surface area contributed by atoms with Crippen molar-refractivity contribution >= 4 is 5.71 Å². The van der Waals surface area contributed by atoms with Crippen LogP contribution in [-0.4, -0.2) is 18.4 Å². The Morgan fingerprint density at radius 1 is 0.947 bits per heavy atom. The van der Waals surface area contributed by atoms with Gasteiger partial charge in [0.1, 0.15) is 6.17 Å². The van der Waals surface area contributed by atoms with Crippen LogP contribution in [0.1, 0.15) is 64.2 Å². The first-order valence-electron chi connectivity index (χ1n) is 8.23. The van der Waals surface area contributed by atoms with E-state index in [2.05, 4.69) is 16.3 Å². The predicted molar refractivity (Wildman–Crippen MR) is 78.6 cm³/mol. The smallest absolute Gasteiger partial charge is 0.109 e. The lowest BCUT2D eigenvalue weighted by atomic mass is 9.77. The lowest BCUT2D eigenvalue weighted by Gasteiger charge is -2.41. The molecule has 4 nitrogen and oxygen atoms in total. The summed E-state index contributed by atoms with van der Waals surface area (Å²) in [6.45, 7) is 1.12. The van der Waals surface area contributed by atoms with Crippen molar-refractivity contribution in [2.24, 2.45) is 16.9 Å². The van der Waals surface area contributed by atoms with Gasteiger partial charge in [-0.1, -0.05) is 25.7 Å². The van der Waals surface area contributed by atoms with Crippen LogP contribution in [0.25, 0.3) is 0 Å². The zero-order valence-electron chi connectivity index (χ0n) is 12.0. The molecule has 3 atom stereocenters. The third kappa shape index (κ3) is 3.48. The van der Waals surface area contributed by atoms with Crippen molar-refractivity contribution < 1.29 is 0 Å². The molecule has 0 amide bonds. The van der Waals surface area contributed by atoms with Crippen molar-refractivity contribution in [3.8, 4) is 0 Å². The molecule has 3 fully saturated rings. The van der Waals surface area contributed by atoms with Gasteiger partial charge in [-0.25, -0.2) is 5.43 Å². The minimum Gasteiger partial charge on any atom is -0.291 e. The molecule has 108 valence electrons. The van der Waals surface area contributed by atoms with Gasteiger partial charge < -0.3 is 0 Å². The summed E-state index contributed by atoms with van der Waals surface area (Å²) in [7, 11) is 0. The molecule has 3 N–H and O–H groups in total. The van der Waals surface area contributed by atoms with Crippen LogP contribution in [0.4, 0.5) is 0 Å². The largest absolute Gasteiger partial charge is 0.291 e. The van der Waals surface area contributed by atoms with Gasteiger partial charge >= 0.3 is 0 Å². The van der Waals surface area contributed by atoms with Crippen molar-refractivity contribution in [2.75, 3.05) is 6.54 Å². The van der Waals surface area contributed by atoms with Crippen LogP contribution < -0.4 is 16.3 Å². The molecule has 1 aliphatic heterocycles. The number of hydrazone groups is 1. The fourth-order valence-electron chi connectivity index (χ4n) is 3.87. The van der Waals surface area contributed by atoms with Crippen LogP contribution in [0.2, 0.25) is 0 Å².